The Labute approximate surface area is 227 Å². The number of fused-ring (bicyclic) bond motifs is 2. The average molecular weight is 556 g/mol. The Balaban J connectivity index is 0.00000137. The van der Waals surface area contributed by atoms with Gasteiger partial charge in [0.2, 0.25) is 0 Å². The Morgan fingerprint density at radius 1 is 0.588 bits per heavy atom. The zero-order valence-electron chi connectivity index (χ0n) is 18.4. The van der Waals surface area contributed by atoms with E-state index in [4.69, 9.17) is 0 Å². The van der Waals surface area contributed by atoms with Crippen molar-refractivity contribution in [2.75, 3.05) is 0 Å². The molecule has 0 amide bonds. The maximum atomic E-state index is 2.36. The van der Waals surface area contributed by atoms with Crippen LogP contribution < -0.4 is 35.3 Å². The fourth-order valence-corrected chi connectivity index (χ4v) is 6.19. The summed E-state index contributed by atoms with van der Waals surface area (Å²) in [6, 6.07) is 35.3. The van der Waals surface area contributed by atoms with Gasteiger partial charge in [-0.15, -0.1) is 0 Å². The van der Waals surface area contributed by atoms with Crippen molar-refractivity contribution in [3.8, 4) is 0 Å². The molecule has 0 fully saturated rings. The van der Waals surface area contributed by atoms with Crippen LogP contribution in [0.3, 0.4) is 0 Å². The number of halogens is 2. The number of rotatable bonds is 3. The van der Waals surface area contributed by atoms with Crippen molar-refractivity contribution in [2.24, 2.45) is 0 Å². The third-order valence-corrected chi connectivity index (χ3v) is 7.71. The Morgan fingerprint density at radius 2 is 1.18 bits per heavy atom. The van der Waals surface area contributed by atoms with Gasteiger partial charge in [-0.2, -0.15) is 0 Å². The quantitative estimate of drug-likeness (QED) is 0.323. The second-order valence-electron chi connectivity index (χ2n) is 8.26. The first-order chi connectivity index (χ1) is 15.8. The van der Waals surface area contributed by atoms with E-state index in [1.165, 1.54) is 82.3 Å². The molecule has 3 heteroatoms. The van der Waals surface area contributed by atoms with Crippen LogP contribution in [0.2, 0.25) is 0 Å². The molecule has 34 heavy (non-hydrogen) atoms. The van der Waals surface area contributed by atoms with Crippen LogP contribution in [-0.2, 0) is 24.7 Å². The molecule has 2 aliphatic rings. The van der Waals surface area contributed by atoms with Crippen LogP contribution in [0.1, 0.15) is 28.7 Å². The molecule has 0 nitrogen and oxygen atoms in total. The number of hydrogen-bond donors (Lipinski definition) is 0. The van der Waals surface area contributed by atoms with Gasteiger partial charge in [0, 0.05) is 0 Å². The van der Waals surface area contributed by atoms with Crippen LogP contribution in [0.5, 0.6) is 0 Å². The average Bonchev–Trinajstić information content (AvgIpc) is 3.48. The maximum absolute atomic E-state index is 2.36. The van der Waals surface area contributed by atoms with Crippen LogP contribution in [0, 0.1) is 10.4 Å². The molecule has 163 valence electrons. The molecule has 0 radical (unpaired) electrons. The summed E-state index contributed by atoms with van der Waals surface area (Å²) >= 11 is 1.46. The van der Waals surface area contributed by atoms with Gasteiger partial charge in [0.1, 0.15) is 0 Å². The molecule has 0 saturated heterocycles. The van der Waals surface area contributed by atoms with Crippen molar-refractivity contribution >= 4 is 14.4 Å². The minimum absolute atomic E-state index is 0. The zero-order valence-corrected chi connectivity index (χ0v) is 22.4. The van der Waals surface area contributed by atoms with Crippen LogP contribution in [0.25, 0.3) is 14.4 Å². The van der Waals surface area contributed by atoms with E-state index >= 15 is 0 Å². The Hall–Kier alpha value is -2.44. The monoisotopic (exact) mass is 553 g/mol. The summed E-state index contributed by atoms with van der Waals surface area (Å²) in [5.41, 5.74) is 8.06. The Bertz CT molecular complexity index is 1590. The third-order valence-electron chi connectivity index (χ3n) is 6.43. The predicted molar refractivity (Wildman–Crippen MR) is 129 cm³/mol. The summed E-state index contributed by atoms with van der Waals surface area (Å²) in [4.78, 5) is 0. The van der Waals surface area contributed by atoms with Crippen LogP contribution in [0.4, 0.5) is 0 Å². The second kappa shape index (κ2) is 10.4. The van der Waals surface area contributed by atoms with E-state index in [9.17, 15) is 0 Å². The molecule has 0 aliphatic heterocycles. The fraction of sp³-hybridized carbons (Fsp3) is 0.0323. The molecule has 0 bridgehead atoms. The Morgan fingerprint density at radius 3 is 1.76 bits per heavy atom. The predicted octanol–water partition coefficient (Wildman–Crippen LogP) is -0.411. The van der Waals surface area contributed by atoms with Crippen LogP contribution >= 0.6 is 0 Å². The van der Waals surface area contributed by atoms with Crippen molar-refractivity contribution < 1.29 is 49.5 Å². The summed E-state index contributed by atoms with van der Waals surface area (Å²) < 4.78 is 1.47. The Kier molecular flexibility index (Phi) is 7.58. The van der Waals surface area contributed by atoms with Gasteiger partial charge < -0.3 is 24.8 Å². The van der Waals surface area contributed by atoms with Crippen molar-refractivity contribution in [3.63, 3.8) is 0 Å². The van der Waals surface area contributed by atoms with Gasteiger partial charge in [0.15, 0.2) is 0 Å². The SMILES string of the molecule is [Cl-].[Cl-].[Zr+2][C]1=c2ccccc2=c2ccc(=C(c3ccccc3)c3ccccc3)c(C3=CC=CC3)c21. The van der Waals surface area contributed by atoms with Gasteiger partial charge in [-0.3, -0.25) is 0 Å². The van der Waals surface area contributed by atoms with E-state index in [-0.39, 0.29) is 24.8 Å². The van der Waals surface area contributed by atoms with E-state index in [0.29, 0.717) is 0 Å². The summed E-state index contributed by atoms with van der Waals surface area (Å²) in [7, 11) is 0. The molecule has 0 heterocycles. The fourth-order valence-electron chi connectivity index (χ4n) is 5.02. The number of hydrogen-bond acceptors (Lipinski definition) is 0. The van der Waals surface area contributed by atoms with E-state index in [1.54, 1.807) is 0 Å². The molecule has 2 aliphatic carbocycles. The van der Waals surface area contributed by atoms with Crippen LogP contribution in [0.15, 0.2) is 115 Å². The molecular formula is C31H21Cl2Zr. The van der Waals surface area contributed by atoms with E-state index < -0.39 is 0 Å². The number of benzene rings is 4. The van der Waals surface area contributed by atoms with Crippen molar-refractivity contribution in [3.05, 3.63) is 158 Å². The van der Waals surface area contributed by atoms with Gasteiger partial charge in [0.05, 0.1) is 0 Å². The van der Waals surface area contributed by atoms with Crippen molar-refractivity contribution in [2.45, 2.75) is 6.42 Å². The summed E-state index contributed by atoms with van der Waals surface area (Å²) in [5, 5.41) is 5.46. The molecule has 0 unspecified atom stereocenters. The van der Waals surface area contributed by atoms with Gasteiger partial charge in [0.25, 0.3) is 0 Å². The molecule has 0 saturated carbocycles. The summed E-state index contributed by atoms with van der Waals surface area (Å²) in [6.45, 7) is 0. The molecule has 4 aromatic carbocycles. The van der Waals surface area contributed by atoms with Gasteiger partial charge in [-0.1, -0.05) is 0 Å². The molecular weight excluding hydrogens is 534 g/mol. The van der Waals surface area contributed by atoms with Gasteiger partial charge >= 0.3 is 204 Å². The standard InChI is InChI=1S/C31H21.2ClH.Zr/c1-3-11-22(12-4-1)30(23-13-5-2-6-14-23)28-20-19-27-26-18-10-9-17-25(26)21-29(27)31(28)24-15-7-8-16-24;;;/h1-15,17-20H,16H2;2*1H;/q;;;+2/p-2. The molecule has 0 atom stereocenters. The first-order valence-electron chi connectivity index (χ1n) is 11.0. The summed E-state index contributed by atoms with van der Waals surface area (Å²) in [6.07, 6.45) is 7.77. The first kappa shape index (κ1) is 24.7. The van der Waals surface area contributed by atoms with Crippen molar-refractivity contribution in [1.82, 2.24) is 0 Å². The molecule has 0 spiro atoms. The molecule has 6 rings (SSSR count). The van der Waals surface area contributed by atoms with Crippen molar-refractivity contribution in [1.29, 1.82) is 0 Å². The molecule has 0 N–H and O–H groups in total. The molecule has 4 aromatic rings. The van der Waals surface area contributed by atoms with E-state index in [2.05, 4.69) is 115 Å². The van der Waals surface area contributed by atoms with E-state index in [1.807, 2.05) is 0 Å². The molecule has 0 aromatic heterocycles. The second-order valence-corrected chi connectivity index (χ2v) is 9.49. The normalized spacial score (nSPS) is 12.9. The third kappa shape index (κ3) is 4.11. The first-order valence-corrected chi connectivity index (χ1v) is 12.3. The van der Waals surface area contributed by atoms with E-state index in [0.717, 1.165) is 6.42 Å². The van der Waals surface area contributed by atoms with Gasteiger partial charge in [-0.25, -0.2) is 0 Å². The summed E-state index contributed by atoms with van der Waals surface area (Å²) in [5.74, 6) is 0. The minimum atomic E-state index is 0. The zero-order chi connectivity index (χ0) is 21.5. The number of allylic oxidation sites excluding steroid dienone is 4. The van der Waals surface area contributed by atoms with Crippen LogP contribution in [-0.4, -0.2) is 0 Å². The topological polar surface area (TPSA) is 0 Å². The van der Waals surface area contributed by atoms with Gasteiger partial charge in [-0.05, 0) is 0 Å².